The van der Waals surface area contributed by atoms with Gasteiger partial charge >= 0.3 is 6.18 Å². The third-order valence-electron chi connectivity index (χ3n) is 2.78. The Morgan fingerprint density at radius 2 is 2.11 bits per heavy atom. The topological polar surface area (TPSA) is 36.4 Å². The highest BCUT2D eigenvalue weighted by atomic mass is 32.1. The lowest BCUT2D eigenvalue weighted by molar-refractivity contribution is -0.120. The summed E-state index contributed by atoms with van der Waals surface area (Å²) in [6.07, 6.45) is -3.37. The Morgan fingerprint density at radius 1 is 1.50 bits per heavy atom. The lowest BCUT2D eigenvalue weighted by atomic mass is 10.3. The number of aryl methyl sites for hydroxylation is 1. The predicted octanol–water partition coefficient (Wildman–Crippen LogP) is 3.04. The average Bonchev–Trinajstić information content (AvgIpc) is 2.96. The van der Waals surface area contributed by atoms with Crippen molar-refractivity contribution in [2.24, 2.45) is 0 Å². The Morgan fingerprint density at radius 3 is 2.50 bits per heavy atom. The van der Waals surface area contributed by atoms with Crippen LogP contribution in [0.3, 0.4) is 0 Å². The van der Waals surface area contributed by atoms with Crippen LogP contribution in [0, 0.1) is 6.92 Å². The van der Waals surface area contributed by atoms with Crippen molar-refractivity contribution in [1.82, 2.24) is 4.98 Å². The average molecular weight is 280 g/mol. The van der Waals surface area contributed by atoms with Crippen molar-refractivity contribution in [1.29, 1.82) is 0 Å². The van der Waals surface area contributed by atoms with E-state index in [0.29, 0.717) is 15.7 Å². The summed E-state index contributed by atoms with van der Waals surface area (Å²) in [6, 6.07) is -0.0565. The van der Waals surface area contributed by atoms with Crippen molar-refractivity contribution < 1.29 is 18.3 Å². The van der Waals surface area contributed by atoms with E-state index in [1.54, 1.807) is 13.8 Å². The zero-order chi connectivity index (χ0) is 13.5. The van der Waals surface area contributed by atoms with Crippen LogP contribution in [-0.2, 0) is 0 Å². The molecule has 102 valence electrons. The second kappa shape index (κ2) is 4.70. The Labute approximate surface area is 107 Å². The molecule has 1 aliphatic rings. The molecule has 2 rings (SSSR count). The molecule has 1 N–H and O–H groups in total. The van der Waals surface area contributed by atoms with Gasteiger partial charge in [0.15, 0.2) is 5.13 Å². The van der Waals surface area contributed by atoms with Crippen molar-refractivity contribution in [3.8, 4) is 0 Å². The molecule has 18 heavy (non-hydrogen) atoms. The monoisotopic (exact) mass is 280 g/mol. The molecule has 1 unspecified atom stereocenters. The molecule has 0 spiro atoms. The number of aliphatic hydroxyl groups is 1. The van der Waals surface area contributed by atoms with Crippen LogP contribution in [0.1, 0.15) is 36.4 Å². The zero-order valence-corrected chi connectivity index (χ0v) is 11.0. The molecule has 0 aliphatic heterocycles. The van der Waals surface area contributed by atoms with Gasteiger partial charge in [-0.2, -0.15) is 13.2 Å². The maximum absolute atomic E-state index is 12.5. The van der Waals surface area contributed by atoms with Crippen LogP contribution in [0.25, 0.3) is 0 Å². The van der Waals surface area contributed by atoms with Crippen LogP contribution in [0.5, 0.6) is 0 Å². The van der Waals surface area contributed by atoms with Crippen molar-refractivity contribution in [3.63, 3.8) is 0 Å². The van der Waals surface area contributed by atoms with E-state index < -0.39 is 18.8 Å². The number of hydrogen-bond acceptors (Lipinski definition) is 4. The summed E-state index contributed by atoms with van der Waals surface area (Å²) in [5, 5.41) is 9.88. The molecule has 0 amide bonds. The highest BCUT2D eigenvalue weighted by Gasteiger charge is 2.39. The quantitative estimate of drug-likeness (QED) is 0.921. The van der Waals surface area contributed by atoms with Gasteiger partial charge in [-0.3, -0.25) is 0 Å². The second-order valence-corrected chi connectivity index (χ2v) is 5.61. The molecule has 0 bridgehead atoms. The van der Waals surface area contributed by atoms with Gasteiger partial charge in [0, 0.05) is 6.04 Å². The number of alkyl halides is 3. The summed E-state index contributed by atoms with van der Waals surface area (Å²) in [4.78, 5) is 6.11. The summed E-state index contributed by atoms with van der Waals surface area (Å²) in [6.45, 7) is 2.33. The molecule has 1 aromatic rings. The molecular formula is C11H15F3N2OS. The SMILES string of the molecule is Cc1nc(N(CC(F)(F)F)C2CC2)sc1C(C)O. The standard InChI is InChI=1S/C11H15F3N2OS/c1-6-9(7(2)17)18-10(15-6)16(8-3-4-8)5-11(12,13)14/h7-8,17H,3-5H2,1-2H3. The fourth-order valence-corrected chi connectivity index (χ4v) is 2.91. The van der Waals surface area contributed by atoms with Crippen molar-refractivity contribution in [2.75, 3.05) is 11.4 Å². The van der Waals surface area contributed by atoms with E-state index in [1.807, 2.05) is 0 Å². The van der Waals surface area contributed by atoms with Crippen LogP contribution in [0.2, 0.25) is 0 Å². The van der Waals surface area contributed by atoms with Crippen molar-refractivity contribution >= 4 is 16.5 Å². The van der Waals surface area contributed by atoms with Crippen LogP contribution in [0.4, 0.5) is 18.3 Å². The maximum Gasteiger partial charge on any atom is 0.406 e. The van der Waals surface area contributed by atoms with E-state index in [4.69, 9.17) is 0 Å². The highest BCUT2D eigenvalue weighted by molar-refractivity contribution is 7.15. The normalized spacial score (nSPS) is 17.9. The van der Waals surface area contributed by atoms with Gasteiger partial charge < -0.3 is 10.0 Å². The summed E-state index contributed by atoms with van der Waals surface area (Å²) >= 11 is 1.15. The number of anilines is 1. The second-order valence-electron chi connectivity index (χ2n) is 4.60. The van der Waals surface area contributed by atoms with E-state index >= 15 is 0 Å². The van der Waals surface area contributed by atoms with Gasteiger partial charge in [-0.05, 0) is 26.7 Å². The number of aromatic nitrogens is 1. The Kier molecular flexibility index (Phi) is 3.55. The number of rotatable bonds is 4. The van der Waals surface area contributed by atoms with Gasteiger partial charge in [0.2, 0.25) is 0 Å². The first-order chi connectivity index (χ1) is 8.28. The van der Waals surface area contributed by atoms with Crippen molar-refractivity contribution in [3.05, 3.63) is 10.6 Å². The Bertz CT molecular complexity index is 426. The zero-order valence-electron chi connectivity index (χ0n) is 10.2. The fourth-order valence-electron chi connectivity index (χ4n) is 1.84. The van der Waals surface area contributed by atoms with Gasteiger partial charge in [0.05, 0.1) is 16.7 Å². The number of thiazole rings is 1. The van der Waals surface area contributed by atoms with E-state index in [1.165, 1.54) is 4.90 Å². The Balaban J connectivity index is 2.23. The first-order valence-electron chi connectivity index (χ1n) is 5.76. The van der Waals surface area contributed by atoms with Crippen LogP contribution in [-0.4, -0.2) is 28.9 Å². The molecule has 0 radical (unpaired) electrons. The molecular weight excluding hydrogens is 265 g/mol. The molecule has 0 aromatic carbocycles. The van der Waals surface area contributed by atoms with Gasteiger partial charge in [0.1, 0.15) is 6.54 Å². The lowest BCUT2D eigenvalue weighted by Crippen LogP contribution is -2.35. The number of hydrogen-bond donors (Lipinski definition) is 1. The summed E-state index contributed by atoms with van der Waals surface area (Å²) in [7, 11) is 0. The first-order valence-corrected chi connectivity index (χ1v) is 6.58. The molecule has 1 aliphatic carbocycles. The van der Waals surface area contributed by atoms with Gasteiger partial charge in [-0.25, -0.2) is 4.98 Å². The predicted molar refractivity (Wildman–Crippen MR) is 63.9 cm³/mol. The molecule has 1 aromatic heterocycles. The summed E-state index contributed by atoms with van der Waals surface area (Å²) in [5.41, 5.74) is 0.609. The molecule has 7 heteroatoms. The van der Waals surface area contributed by atoms with Gasteiger partial charge in [-0.1, -0.05) is 11.3 Å². The minimum atomic E-state index is -4.23. The summed E-state index contributed by atoms with van der Waals surface area (Å²) < 4.78 is 37.6. The third-order valence-corrected chi connectivity index (χ3v) is 4.15. The van der Waals surface area contributed by atoms with Gasteiger partial charge in [0.25, 0.3) is 0 Å². The number of nitrogens with zero attached hydrogens (tertiary/aromatic N) is 2. The van der Waals surface area contributed by atoms with Crippen LogP contribution < -0.4 is 4.90 Å². The van der Waals surface area contributed by atoms with Crippen molar-refractivity contribution in [2.45, 2.75) is 45.0 Å². The largest absolute Gasteiger partial charge is 0.406 e. The first kappa shape index (κ1) is 13.6. The highest BCUT2D eigenvalue weighted by Crippen LogP contribution is 2.38. The lowest BCUT2D eigenvalue weighted by Gasteiger charge is -2.22. The Hall–Kier alpha value is -0.820. The number of aliphatic hydroxyl groups excluding tert-OH is 1. The minimum absolute atomic E-state index is 0.0565. The third kappa shape index (κ3) is 3.14. The number of halogens is 3. The van der Waals surface area contributed by atoms with E-state index in [9.17, 15) is 18.3 Å². The smallest absolute Gasteiger partial charge is 0.388 e. The maximum atomic E-state index is 12.5. The van der Waals surface area contributed by atoms with Gasteiger partial charge in [-0.15, -0.1) is 0 Å². The van der Waals surface area contributed by atoms with Crippen LogP contribution >= 0.6 is 11.3 Å². The molecule has 3 nitrogen and oxygen atoms in total. The van der Waals surface area contributed by atoms with E-state index in [-0.39, 0.29) is 6.04 Å². The molecule has 1 saturated carbocycles. The molecule has 1 fully saturated rings. The molecule has 1 heterocycles. The molecule has 1 atom stereocenters. The summed E-state index contributed by atoms with van der Waals surface area (Å²) in [5.74, 6) is 0. The van der Waals surface area contributed by atoms with Crippen LogP contribution in [0.15, 0.2) is 0 Å². The fraction of sp³-hybridized carbons (Fsp3) is 0.727. The minimum Gasteiger partial charge on any atom is -0.388 e. The van der Waals surface area contributed by atoms with E-state index in [2.05, 4.69) is 4.98 Å². The van der Waals surface area contributed by atoms with E-state index in [0.717, 1.165) is 24.2 Å². The molecule has 0 saturated heterocycles.